The highest BCUT2D eigenvalue weighted by atomic mass is 32.1. The van der Waals surface area contributed by atoms with Gasteiger partial charge in [-0.1, -0.05) is 0 Å². The molecule has 0 saturated heterocycles. The minimum atomic E-state index is -0.725. The minimum Gasteiger partial charge on any atom is -0.481 e. The Morgan fingerprint density at radius 2 is 1.95 bits per heavy atom. The van der Waals surface area contributed by atoms with E-state index in [1.807, 2.05) is 0 Å². The molecular weight excluding hydrogens is 274 g/mol. The van der Waals surface area contributed by atoms with Crippen molar-refractivity contribution in [1.82, 2.24) is 5.32 Å². The first-order chi connectivity index (χ1) is 9.58. The summed E-state index contributed by atoms with van der Waals surface area (Å²) < 4.78 is 0. The number of rotatable bonds is 5. The van der Waals surface area contributed by atoms with Crippen LogP contribution < -0.4 is 5.32 Å². The Morgan fingerprint density at radius 1 is 1.30 bits per heavy atom. The van der Waals surface area contributed by atoms with Crippen molar-refractivity contribution in [2.75, 3.05) is 6.54 Å². The van der Waals surface area contributed by atoms with Gasteiger partial charge >= 0.3 is 5.97 Å². The molecule has 0 bridgehead atoms. The summed E-state index contributed by atoms with van der Waals surface area (Å²) in [6.07, 6.45) is 3.51. The van der Waals surface area contributed by atoms with E-state index >= 15 is 0 Å². The Labute approximate surface area is 123 Å². The molecule has 1 aromatic heterocycles. The van der Waals surface area contributed by atoms with Crippen molar-refractivity contribution in [3.63, 3.8) is 0 Å². The Bertz CT molecular complexity index is 475. The fourth-order valence-electron chi connectivity index (χ4n) is 2.71. The van der Waals surface area contributed by atoms with Crippen molar-refractivity contribution in [3.05, 3.63) is 21.9 Å². The molecule has 0 unspecified atom stereocenters. The lowest BCUT2D eigenvalue weighted by molar-refractivity contribution is -0.144. The van der Waals surface area contributed by atoms with E-state index in [1.165, 1.54) is 10.4 Å². The molecule has 4 nitrogen and oxygen atoms in total. The lowest BCUT2D eigenvalue weighted by Crippen LogP contribution is -2.35. The van der Waals surface area contributed by atoms with E-state index in [1.54, 1.807) is 11.3 Å². The molecule has 1 aromatic rings. The van der Waals surface area contributed by atoms with Crippen LogP contribution in [0.4, 0.5) is 0 Å². The monoisotopic (exact) mass is 295 g/mol. The van der Waals surface area contributed by atoms with Gasteiger partial charge in [0.05, 0.1) is 5.92 Å². The molecule has 1 amide bonds. The second-order valence-electron chi connectivity index (χ2n) is 5.45. The number of hydrogen-bond donors (Lipinski definition) is 2. The number of carboxylic acids is 1. The van der Waals surface area contributed by atoms with Crippen LogP contribution in [0.25, 0.3) is 0 Å². The number of carbonyl (C=O) groups is 2. The van der Waals surface area contributed by atoms with Gasteiger partial charge in [-0.25, -0.2) is 0 Å². The van der Waals surface area contributed by atoms with Gasteiger partial charge in [-0.05, 0) is 56.0 Å². The number of hydrogen-bond acceptors (Lipinski definition) is 3. The molecule has 0 spiro atoms. The quantitative estimate of drug-likeness (QED) is 0.877. The van der Waals surface area contributed by atoms with Crippen LogP contribution in [0.15, 0.2) is 11.4 Å². The van der Waals surface area contributed by atoms with Crippen LogP contribution in [-0.4, -0.2) is 23.5 Å². The maximum absolute atomic E-state index is 12.0. The first-order valence-electron chi connectivity index (χ1n) is 7.11. The van der Waals surface area contributed by atoms with Gasteiger partial charge in [0.1, 0.15) is 0 Å². The van der Waals surface area contributed by atoms with Crippen molar-refractivity contribution in [2.24, 2.45) is 11.8 Å². The van der Waals surface area contributed by atoms with Crippen LogP contribution in [0.5, 0.6) is 0 Å². The SMILES string of the molecule is Cc1ccsc1CCNC(=O)C1CCC(C(=O)O)CC1. The highest BCUT2D eigenvalue weighted by molar-refractivity contribution is 7.10. The van der Waals surface area contributed by atoms with Gasteiger partial charge in [0.2, 0.25) is 5.91 Å². The number of aliphatic carboxylic acids is 1. The Balaban J connectivity index is 1.71. The maximum atomic E-state index is 12.0. The van der Waals surface area contributed by atoms with E-state index in [0.717, 1.165) is 6.42 Å². The van der Waals surface area contributed by atoms with E-state index in [0.29, 0.717) is 32.2 Å². The van der Waals surface area contributed by atoms with E-state index in [4.69, 9.17) is 5.11 Å². The zero-order chi connectivity index (χ0) is 14.5. The first kappa shape index (κ1) is 15.0. The molecule has 1 aliphatic carbocycles. The van der Waals surface area contributed by atoms with Crippen molar-refractivity contribution in [1.29, 1.82) is 0 Å². The summed E-state index contributed by atoms with van der Waals surface area (Å²) in [5.41, 5.74) is 1.28. The molecule has 2 rings (SSSR count). The molecule has 1 fully saturated rings. The second-order valence-corrected chi connectivity index (χ2v) is 6.46. The molecule has 0 aliphatic heterocycles. The number of carbonyl (C=O) groups excluding carboxylic acids is 1. The lowest BCUT2D eigenvalue weighted by Gasteiger charge is -2.25. The van der Waals surface area contributed by atoms with Gasteiger partial charge in [-0.15, -0.1) is 11.3 Å². The van der Waals surface area contributed by atoms with E-state index < -0.39 is 5.97 Å². The molecule has 0 aromatic carbocycles. The van der Waals surface area contributed by atoms with Crippen molar-refractivity contribution in [3.8, 4) is 0 Å². The third-order valence-corrected chi connectivity index (χ3v) is 5.15. The highest BCUT2D eigenvalue weighted by Crippen LogP contribution is 2.29. The van der Waals surface area contributed by atoms with Gasteiger partial charge in [-0.3, -0.25) is 9.59 Å². The predicted molar refractivity (Wildman–Crippen MR) is 78.9 cm³/mol. The fraction of sp³-hybridized carbons (Fsp3) is 0.600. The molecule has 0 atom stereocenters. The molecule has 1 aliphatic rings. The molecule has 5 heteroatoms. The zero-order valence-electron chi connectivity index (χ0n) is 11.7. The van der Waals surface area contributed by atoms with Gasteiger partial charge in [-0.2, -0.15) is 0 Å². The third kappa shape index (κ3) is 3.82. The average molecular weight is 295 g/mol. The number of carboxylic acid groups (broad SMARTS) is 1. The summed E-state index contributed by atoms with van der Waals surface area (Å²) >= 11 is 1.72. The smallest absolute Gasteiger partial charge is 0.306 e. The Hall–Kier alpha value is -1.36. The number of nitrogens with one attached hydrogen (secondary N) is 1. The van der Waals surface area contributed by atoms with Crippen LogP contribution in [-0.2, 0) is 16.0 Å². The van der Waals surface area contributed by atoms with Crippen molar-refractivity contribution >= 4 is 23.2 Å². The Morgan fingerprint density at radius 3 is 2.50 bits per heavy atom. The van der Waals surface area contributed by atoms with Crippen LogP contribution in [0, 0.1) is 18.8 Å². The lowest BCUT2D eigenvalue weighted by atomic mass is 9.81. The summed E-state index contributed by atoms with van der Waals surface area (Å²) in [5, 5.41) is 14.0. The highest BCUT2D eigenvalue weighted by Gasteiger charge is 2.29. The van der Waals surface area contributed by atoms with Crippen molar-refractivity contribution < 1.29 is 14.7 Å². The van der Waals surface area contributed by atoms with Crippen LogP contribution in [0.3, 0.4) is 0 Å². The molecule has 2 N–H and O–H groups in total. The topological polar surface area (TPSA) is 66.4 Å². The summed E-state index contributed by atoms with van der Waals surface area (Å²) in [5.74, 6) is -0.900. The molecule has 20 heavy (non-hydrogen) atoms. The van der Waals surface area contributed by atoms with Crippen LogP contribution in [0.1, 0.15) is 36.1 Å². The summed E-state index contributed by atoms with van der Waals surface area (Å²) in [4.78, 5) is 24.2. The van der Waals surface area contributed by atoms with Gasteiger partial charge in [0, 0.05) is 17.3 Å². The van der Waals surface area contributed by atoms with E-state index in [-0.39, 0.29) is 17.7 Å². The minimum absolute atomic E-state index is 0.00460. The standard InChI is InChI=1S/C15H21NO3S/c1-10-7-9-20-13(10)6-8-16-14(17)11-2-4-12(5-3-11)15(18)19/h7,9,11-12H,2-6,8H2,1H3,(H,16,17)(H,18,19). The van der Waals surface area contributed by atoms with Gasteiger partial charge in [0.25, 0.3) is 0 Å². The number of thiophene rings is 1. The first-order valence-corrected chi connectivity index (χ1v) is 7.99. The van der Waals surface area contributed by atoms with Crippen molar-refractivity contribution in [2.45, 2.75) is 39.0 Å². The second kappa shape index (κ2) is 6.88. The summed E-state index contributed by atoms with van der Waals surface area (Å²) in [6, 6.07) is 2.09. The normalized spacial score (nSPS) is 22.4. The summed E-state index contributed by atoms with van der Waals surface area (Å²) in [6.45, 7) is 2.75. The van der Waals surface area contributed by atoms with Crippen LogP contribution >= 0.6 is 11.3 Å². The molecule has 1 saturated carbocycles. The predicted octanol–water partition coefficient (Wildman–Crippen LogP) is 2.61. The molecule has 0 radical (unpaired) electrons. The fourth-order valence-corrected chi connectivity index (χ4v) is 3.62. The van der Waals surface area contributed by atoms with Gasteiger partial charge < -0.3 is 10.4 Å². The number of amides is 1. The largest absolute Gasteiger partial charge is 0.481 e. The summed E-state index contributed by atoms with van der Waals surface area (Å²) in [7, 11) is 0. The number of aryl methyl sites for hydroxylation is 1. The molecule has 110 valence electrons. The third-order valence-electron chi connectivity index (χ3n) is 4.07. The Kier molecular flexibility index (Phi) is 5.17. The van der Waals surface area contributed by atoms with Crippen LogP contribution in [0.2, 0.25) is 0 Å². The molecular formula is C15H21NO3S. The average Bonchev–Trinajstić information content (AvgIpc) is 2.84. The van der Waals surface area contributed by atoms with Gasteiger partial charge in [0.15, 0.2) is 0 Å². The zero-order valence-corrected chi connectivity index (χ0v) is 12.5. The van der Waals surface area contributed by atoms with E-state index in [2.05, 4.69) is 23.7 Å². The maximum Gasteiger partial charge on any atom is 0.306 e. The van der Waals surface area contributed by atoms with E-state index in [9.17, 15) is 9.59 Å². The molecule has 1 heterocycles.